The molecule has 0 saturated heterocycles. The molecule has 102 valence electrons. The number of carbonyl (C=O) groups excluding carboxylic acids is 2. The van der Waals surface area contributed by atoms with Crippen LogP contribution in [0.15, 0.2) is 23.6 Å². The van der Waals surface area contributed by atoms with Gasteiger partial charge in [-0.2, -0.15) is 0 Å². The van der Waals surface area contributed by atoms with Crippen molar-refractivity contribution < 1.29 is 9.59 Å². The zero-order valence-corrected chi connectivity index (χ0v) is 12.2. The summed E-state index contributed by atoms with van der Waals surface area (Å²) in [7, 11) is 0. The fourth-order valence-electron chi connectivity index (χ4n) is 2.44. The molecule has 1 aromatic carbocycles. The summed E-state index contributed by atoms with van der Waals surface area (Å²) in [6.07, 6.45) is 0.882. The lowest BCUT2D eigenvalue weighted by Gasteiger charge is -2.17. The average Bonchev–Trinajstić information content (AvgIpc) is 2.99. The number of hydrogen-bond acceptors (Lipinski definition) is 4. The van der Waals surface area contributed by atoms with Gasteiger partial charge in [-0.05, 0) is 25.0 Å². The maximum absolute atomic E-state index is 12.1. The molecule has 20 heavy (non-hydrogen) atoms. The van der Waals surface area contributed by atoms with E-state index < -0.39 is 11.7 Å². The minimum absolute atomic E-state index is 0.360. The molecule has 2 heterocycles. The molecule has 0 radical (unpaired) electrons. The molecule has 4 nitrogen and oxygen atoms in total. The summed E-state index contributed by atoms with van der Waals surface area (Å²) < 4.78 is 0. The Labute approximate surface area is 121 Å². The fraction of sp³-hybridized carbons (Fsp3) is 0.267. The Morgan fingerprint density at radius 2 is 2.10 bits per heavy atom. The lowest BCUT2D eigenvalue weighted by molar-refractivity contribution is -0.114. The molecule has 0 N–H and O–H groups in total. The van der Waals surface area contributed by atoms with Crippen molar-refractivity contribution in [3.05, 3.63) is 45.4 Å². The summed E-state index contributed by atoms with van der Waals surface area (Å²) in [6.45, 7) is 4.32. The quantitative estimate of drug-likeness (QED) is 0.815. The number of nitrogens with zero attached hydrogens (tertiary/aromatic N) is 2. The molecule has 1 amide bonds. The minimum atomic E-state index is -0.458. The number of benzene rings is 1. The molecule has 3 rings (SSSR count). The SMILES string of the molecule is CCc1nc(CN2C(=O)C(=O)c3cccc(C)c32)cs1. The zero-order chi connectivity index (χ0) is 14.3. The Bertz CT molecular complexity index is 706. The number of anilines is 1. The van der Waals surface area contributed by atoms with Crippen LogP contribution >= 0.6 is 11.3 Å². The lowest BCUT2D eigenvalue weighted by atomic mass is 10.1. The van der Waals surface area contributed by atoms with Gasteiger partial charge in [-0.1, -0.05) is 19.1 Å². The van der Waals surface area contributed by atoms with Crippen LogP contribution in [0, 0.1) is 6.92 Å². The van der Waals surface area contributed by atoms with E-state index in [1.165, 1.54) is 0 Å². The van der Waals surface area contributed by atoms with Gasteiger partial charge < -0.3 is 0 Å². The summed E-state index contributed by atoms with van der Waals surface area (Å²) in [4.78, 5) is 30.2. The molecule has 1 aliphatic heterocycles. The number of fused-ring (bicyclic) bond motifs is 1. The Morgan fingerprint density at radius 3 is 2.80 bits per heavy atom. The first-order valence-corrected chi connectivity index (χ1v) is 7.39. The molecule has 0 bridgehead atoms. The summed E-state index contributed by atoms with van der Waals surface area (Å²) in [5.41, 5.74) is 3.01. The van der Waals surface area contributed by atoms with Crippen molar-refractivity contribution in [1.82, 2.24) is 4.98 Å². The smallest absolute Gasteiger partial charge is 0.298 e. The number of aryl methyl sites for hydroxylation is 2. The number of amides is 1. The van der Waals surface area contributed by atoms with E-state index in [-0.39, 0.29) is 0 Å². The van der Waals surface area contributed by atoms with Crippen LogP contribution in [-0.2, 0) is 17.8 Å². The molecular weight excluding hydrogens is 272 g/mol. The van der Waals surface area contributed by atoms with E-state index in [2.05, 4.69) is 4.98 Å². The standard InChI is InChI=1S/C15H14N2O2S/c1-3-12-16-10(8-20-12)7-17-13-9(2)5-4-6-11(13)14(18)15(17)19/h4-6,8H,3,7H2,1-2H3. The number of carbonyl (C=O) groups is 2. The van der Waals surface area contributed by atoms with E-state index in [0.29, 0.717) is 12.1 Å². The number of hydrogen-bond donors (Lipinski definition) is 0. The summed E-state index contributed by atoms with van der Waals surface area (Å²) in [5, 5.41) is 3.00. The third kappa shape index (κ3) is 1.94. The van der Waals surface area contributed by atoms with Gasteiger partial charge in [0.2, 0.25) is 0 Å². The molecule has 0 fully saturated rings. The molecule has 0 unspecified atom stereocenters. The first-order chi connectivity index (χ1) is 9.61. The van der Waals surface area contributed by atoms with Crippen molar-refractivity contribution in [1.29, 1.82) is 0 Å². The molecule has 2 aromatic rings. The number of para-hydroxylation sites is 1. The monoisotopic (exact) mass is 286 g/mol. The first-order valence-electron chi connectivity index (χ1n) is 6.51. The van der Waals surface area contributed by atoms with Gasteiger partial charge in [-0.15, -0.1) is 11.3 Å². The van der Waals surface area contributed by atoms with Gasteiger partial charge in [0.15, 0.2) is 0 Å². The third-order valence-electron chi connectivity index (χ3n) is 3.41. The summed E-state index contributed by atoms with van der Waals surface area (Å²) >= 11 is 1.59. The van der Waals surface area contributed by atoms with Gasteiger partial charge in [0.1, 0.15) is 0 Å². The number of rotatable bonds is 3. The van der Waals surface area contributed by atoms with Gasteiger partial charge in [0.25, 0.3) is 11.7 Å². The van der Waals surface area contributed by atoms with E-state index in [0.717, 1.165) is 28.4 Å². The van der Waals surface area contributed by atoms with Crippen LogP contribution < -0.4 is 4.90 Å². The Kier molecular flexibility index (Phi) is 3.14. The molecule has 1 aliphatic rings. The zero-order valence-electron chi connectivity index (χ0n) is 11.3. The van der Waals surface area contributed by atoms with E-state index in [1.807, 2.05) is 25.3 Å². The van der Waals surface area contributed by atoms with Crippen LogP contribution in [0.4, 0.5) is 5.69 Å². The van der Waals surface area contributed by atoms with Crippen LogP contribution in [0.3, 0.4) is 0 Å². The third-order valence-corrected chi connectivity index (χ3v) is 4.46. The lowest BCUT2D eigenvalue weighted by Crippen LogP contribution is -2.29. The Morgan fingerprint density at radius 1 is 1.30 bits per heavy atom. The van der Waals surface area contributed by atoms with Crippen LogP contribution in [0.2, 0.25) is 0 Å². The molecule has 0 spiro atoms. The molecule has 0 atom stereocenters. The fourth-order valence-corrected chi connectivity index (χ4v) is 3.17. The largest absolute Gasteiger partial charge is 0.299 e. The first kappa shape index (κ1) is 13.0. The highest BCUT2D eigenvalue weighted by Gasteiger charge is 2.36. The van der Waals surface area contributed by atoms with Gasteiger partial charge in [-0.3, -0.25) is 14.5 Å². The topological polar surface area (TPSA) is 50.3 Å². The summed E-state index contributed by atoms with van der Waals surface area (Å²) in [6, 6.07) is 5.43. The maximum Gasteiger partial charge on any atom is 0.299 e. The van der Waals surface area contributed by atoms with Crippen molar-refractivity contribution in [2.45, 2.75) is 26.8 Å². The second kappa shape index (κ2) is 4.83. The maximum atomic E-state index is 12.1. The second-order valence-corrected chi connectivity index (χ2v) is 5.72. The van der Waals surface area contributed by atoms with Crippen LogP contribution in [-0.4, -0.2) is 16.7 Å². The normalized spacial score (nSPS) is 14.0. The van der Waals surface area contributed by atoms with E-state index in [1.54, 1.807) is 28.4 Å². The molecule has 0 saturated carbocycles. The highest BCUT2D eigenvalue weighted by Crippen LogP contribution is 2.33. The van der Waals surface area contributed by atoms with Crippen LogP contribution in [0.5, 0.6) is 0 Å². The van der Waals surface area contributed by atoms with E-state index in [4.69, 9.17) is 0 Å². The number of aromatic nitrogens is 1. The Balaban J connectivity index is 1.98. The molecule has 1 aromatic heterocycles. The molecule has 0 aliphatic carbocycles. The van der Waals surface area contributed by atoms with Crippen molar-refractivity contribution in [2.24, 2.45) is 0 Å². The van der Waals surface area contributed by atoms with Crippen molar-refractivity contribution in [3.63, 3.8) is 0 Å². The number of Topliss-reactive ketones (excluding diaryl/α,β-unsaturated/α-hetero) is 1. The van der Waals surface area contributed by atoms with Crippen molar-refractivity contribution in [3.8, 4) is 0 Å². The molecular formula is C15H14N2O2S. The van der Waals surface area contributed by atoms with Gasteiger partial charge >= 0.3 is 0 Å². The van der Waals surface area contributed by atoms with Gasteiger partial charge in [0, 0.05) is 5.38 Å². The number of thiazole rings is 1. The predicted octanol–water partition coefficient (Wildman–Crippen LogP) is 2.74. The van der Waals surface area contributed by atoms with Crippen LogP contribution in [0.1, 0.15) is 33.5 Å². The van der Waals surface area contributed by atoms with Crippen molar-refractivity contribution >= 4 is 28.7 Å². The highest BCUT2D eigenvalue weighted by molar-refractivity contribution is 7.09. The summed E-state index contributed by atoms with van der Waals surface area (Å²) in [5.74, 6) is -0.880. The average molecular weight is 286 g/mol. The Hall–Kier alpha value is -2.01. The minimum Gasteiger partial charge on any atom is -0.298 e. The van der Waals surface area contributed by atoms with Crippen molar-refractivity contribution in [2.75, 3.05) is 4.90 Å². The molecule has 5 heteroatoms. The predicted molar refractivity (Wildman–Crippen MR) is 78.2 cm³/mol. The van der Waals surface area contributed by atoms with E-state index in [9.17, 15) is 9.59 Å². The van der Waals surface area contributed by atoms with E-state index >= 15 is 0 Å². The van der Waals surface area contributed by atoms with Crippen LogP contribution in [0.25, 0.3) is 0 Å². The number of ketones is 1. The van der Waals surface area contributed by atoms with Gasteiger partial charge in [0.05, 0.1) is 28.5 Å². The van der Waals surface area contributed by atoms with Gasteiger partial charge in [-0.25, -0.2) is 4.98 Å². The second-order valence-electron chi connectivity index (χ2n) is 4.78. The highest BCUT2D eigenvalue weighted by atomic mass is 32.1.